The number of methoxy groups -OCH3 is 2. The van der Waals surface area contributed by atoms with Crippen molar-refractivity contribution in [2.45, 2.75) is 11.1 Å². The average molecular weight is 632 g/mol. The highest BCUT2D eigenvalue weighted by atomic mass is 32.2. The number of aromatic nitrogens is 2. The SMILES string of the molecule is COc1ncc(-c2ccc3ncc(NC(=O)CN4CCOCC4)c(OC)c3c2)cc1NS(=O)(=O)c1ccc(C(F)(F)F)cc1. The third-order valence-corrected chi connectivity index (χ3v) is 8.26. The van der Waals surface area contributed by atoms with E-state index in [-0.39, 0.29) is 28.9 Å². The molecule has 1 saturated heterocycles. The number of rotatable bonds is 9. The van der Waals surface area contributed by atoms with Gasteiger partial charge >= 0.3 is 6.18 Å². The first-order chi connectivity index (χ1) is 21.0. The van der Waals surface area contributed by atoms with Crippen molar-refractivity contribution in [3.05, 3.63) is 66.5 Å². The number of benzene rings is 2. The Bertz CT molecular complexity index is 1780. The van der Waals surface area contributed by atoms with E-state index in [9.17, 15) is 26.4 Å². The fourth-order valence-corrected chi connectivity index (χ4v) is 5.73. The molecule has 2 aromatic carbocycles. The monoisotopic (exact) mass is 631 g/mol. The summed E-state index contributed by atoms with van der Waals surface area (Å²) in [6.07, 6.45) is -1.62. The van der Waals surface area contributed by atoms with Crippen LogP contribution in [0.25, 0.3) is 22.0 Å². The van der Waals surface area contributed by atoms with Crippen molar-refractivity contribution < 1.29 is 40.6 Å². The van der Waals surface area contributed by atoms with Gasteiger partial charge in [-0.3, -0.25) is 19.4 Å². The number of amides is 1. The summed E-state index contributed by atoms with van der Waals surface area (Å²) in [6, 6.07) is 9.86. The minimum atomic E-state index is -4.61. The molecular formula is C29H28F3N5O6S. The Labute approximate surface area is 251 Å². The molecule has 5 rings (SSSR count). The van der Waals surface area contributed by atoms with E-state index in [4.69, 9.17) is 14.2 Å². The van der Waals surface area contributed by atoms with Crippen LogP contribution >= 0.6 is 0 Å². The minimum absolute atomic E-state index is 0.0285. The standard InChI is InChI=1S/C29H28F3N5O6S/c1-41-27-22-13-18(3-8-23(22)33-16-25(27)35-26(38)17-37-9-11-43-12-10-37)19-14-24(28(42-2)34-15-19)36-44(39,40)21-6-4-20(5-7-21)29(30,31)32/h3-8,13-16,36H,9-12,17H2,1-2H3,(H,35,38). The molecule has 11 nitrogen and oxygen atoms in total. The van der Waals surface area contributed by atoms with E-state index in [1.54, 1.807) is 18.2 Å². The van der Waals surface area contributed by atoms with Gasteiger partial charge in [0.25, 0.3) is 10.0 Å². The number of carbonyl (C=O) groups is 1. The van der Waals surface area contributed by atoms with Gasteiger partial charge in [0.15, 0.2) is 5.75 Å². The number of alkyl halides is 3. The van der Waals surface area contributed by atoms with Gasteiger partial charge in [-0.15, -0.1) is 0 Å². The first-order valence-corrected chi connectivity index (χ1v) is 14.8. The number of nitrogens with zero attached hydrogens (tertiary/aromatic N) is 3. The van der Waals surface area contributed by atoms with Crippen LogP contribution in [-0.2, 0) is 25.7 Å². The zero-order chi connectivity index (χ0) is 31.5. The maximum absolute atomic E-state index is 13.0. The van der Waals surface area contributed by atoms with E-state index >= 15 is 0 Å². The molecule has 0 spiro atoms. The number of morpholine rings is 1. The van der Waals surface area contributed by atoms with Gasteiger partial charge in [-0.2, -0.15) is 13.2 Å². The quantitative estimate of drug-likeness (QED) is 0.276. The molecular weight excluding hydrogens is 603 g/mol. The van der Waals surface area contributed by atoms with Gasteiger partial charge < -0.3 is 19.5 Å². The number of carbonyl (C=O) groups excluding carboxylic acids is 1. The fourth-order valence-electron chi connectivity index (χ4n) is 4.68. The van der Waals surface area contributed by atoms with Crippen LogP contribution in [0, 0.1) is 0 Å². The maximum atomic E-state index is 13.0. The van der Waals surface area contributed by atoms with Crippen LogP contribution < -0.4 is 19.5 Å². The van der Waals surface area contributed by atoms with Crippen LogP contribution in [0.4, 0.5) is 24.5 Å². The Hall–Kier alpha value is -4.47. The molecule has 2 aromatic heterocycles. The number of anilines is 2. The van der Waals surface area contributed by atoms with E-state index in [1.807, 2.05) is 4.90 Å². The number of hydrogen-bond acceptors (Lipinski definition) is 9. The highest BCUT2D eigenvalue weighted by molar-refractivity contribution is 7.92. The molecule has 3 heterocycles. The topological polar surface area (TPSA) is 132 Å². The Kier molecular flexibility index (Phi) is 8.90. The second-order valence-corrected chi connectivity index (χ2v) is 11.5. The Balaban J connectivity index is 1.44. The number of hydrogen-bond donors (Lipinski definition) is 2. The van der Waals surface area contributed by atoms with Gasteiger partial charge in [-0.1, -0.05) is 6.07 Å². The Morgan fingerprint density at radius 1 is 0.955 bits per heavy atom. The fraction of sp³-hybridized carbons (Fsp3) is 0.276. The largest absolute Gasteiger partial charge is 0.494 e. The molecule has 1 amide bonds. The van der Waals surface area contributed by atoms with Crippen molar-refractivity contribution in [2.75, 3.05) is 57.1 Å². The smallest absolute Gasteiger partial charge is 0.416 e. The van der Waals surface area contributed by atoms with Crippen LogP contribution in [-0.4, -0.2) is 76.3 Å². The van der Waals surface area contributed by atoms with Crippen LogP contribution in [0.1, 0.15) is 5.56 Å². The third-order valence-electron chi connectivity index (χ3n) is 6.88. The van der Waals surface area contributed by atoms with Crippen LogP contribution in [0.5, 0.6) is 11.6 Å². The van der Waals surface area contributed by atoms with Crippen molar-refractivity contribution in [3.8, 4) is 22.8 Å². The predicted octanol–water partition coefficient (Wildman–Crippen LogP) is 4.40. The molecule has 1 fully saturated rings. The molecule has 1 aliphatic rings. The maximum Gasteiger partial charge on any atom is 0.416 e. The molecule has 0 radical (unpaired) electrons. The first kappa shape index (κ1) is 31.0. The van der Waals surface area contributed by atoms with Gasteiger partial charge in [-0.25, -0.2) is 13.4 Å². The number of sulfonamides is 1. The summed E-state index contributed by atoms with van der Waals surface area (Å²) in [5.41, 5.74) is 1.06. The molecule has 44 heavy (non-hydrogen) atoms. The van der Waals surface area contributed by atoms with Crippen LogP contribution in [0.3, 0.4) is 0 Å². The van der Waals surface area contributed by atoms with Gasteiger partial charge in [0.2, 0.25) is 11.8 Å². The molecule has 0 atom stereocenters. The normalized spacial score (nSPS) is 14.3. The number of pyridine rings is 2. The van der Waals surface area contributed by atoms with Crippen LogP contribution in [0.2, 0.25) is 0 Å². The molecule has 0 unspecified atom stereocenters. The number of nitrogens with one attached hydrogen (secondary N) is 2. The van der Waals surface area contributed by atoms with Gasteiger partial charge in [0, 0.05) is 30.2 Å². The summed E-state index contributed by atoms with van der Waals surface area (Å²) in [6.45, 7) is 2.63. The lowest BCUT2D eigenvalue weighted by molar-refractivity contribution is -0.137. The molecule has 2 N–H and O–H groups in total. The highest BCUT2D eigenvalue weighted by Crippen LogP contribution is 2.37. The summed E-state index contributed by atoms with van der Waals surface area (Å²) in [7, 11) is -1.52. The summed E-state index contributed by atoms with van der Waals surface area (Å²) in [5.74, 6) is 0.109. The molecule has 0 bridgehead atoms. The molecule has 1 aliphatic heterocycles. The molecule has 0 saturated carbocycles. The van der Waals surface area contributed by atoms with Crippen LogP contribution in [0.15, 0.2) is 65.8 Å². The van der Waals surface area contributed by atoms with Crippen molar-refractivity contribution in [2.24, 2.45) is 0 Å². The second-order valence-electron chi connectivity index (χ2n) is 9.78. The van der Waals surface area contributed by atoms with Gasteiger partial charge in [-0.05, 0) is 48.0 Å². The Morgan fingerprint density at radius 3 is 2.34 bits per heavy atom. The zero-order valence-corrected chi connectivity index (χ0v) is 24.5. The van der Waals surface area contributed by atoms with Crippen molar-refractivity contribution in [1.29, 1.82) is 0 Å². The summed E-state index contributed by atoms with van der Waals surface area (Å²) in [5, 5.41) is 3.44. The lowest BCUT2D eigenvalue weighted by atomic mass is 10.0. The zero-order valence-electron chi connectivity index (χ0n) is 23.6. The van der Waals surface area contributed by atoms with E-state index in [2.05, 4.69) is 20.0 Å². The summed E-state index contributed by atoms with van der Waals surface area (Å²) in [4.78, 5) is 23.0. The lowest BCUT2D eigenvalue weighted by Crippen LogP contribution is -2.41. The second kappa shape index (κ2) is 12.6. The van der Waals surface area contributed by atoms with Crippen molar-refractivity contribution in [1.82, 2.24) is 14.9 Å². The molecule has 232 valence electrons. The van der Waals surface area contributed by atoms with E-state index in [1.165, 1.54) is 32.7 Å². The minimum Gasteiger partial charge on any atom is -0.494 e. The van der Waals surface area contributed by atoms with Gasteiger partial charge in [0.05, 0.1) is 56.2 Å². The van der Waals surface area contributed by atoms with E-state index in [0.717, 1.165) is 12.1 Å². The van der Waals surface area contributed by atoms with E-state index < -0.39 is 21.8 Å². The molecule has 0 aliphatic carbocycles. The number of halogens is 3. The molecule has 4 aromatic rings. The lowest BCUT2D eigenvalue weighted by Gasteiger charge is -2.25. The predicted molar refractivity (Wildman–Crippen MR) is 156 cm³/mol. The first-order valence-electron chi connectivity index (χ1n) is 13.3. The van der Waals surface area contributed by atoms with Crippen molar-refractivity contribution >= 4 is 38.2 Å². The van der Waals surface area contributed by atoms with Crippen molar-refractivity contribution in [3.63, 3.8) is 0 Å². The molecule has 15 heteroatoms. The number of fused-ring (bicyclic) bond motifs is 1. The average Bonchev–Trinajstić information content (AvgIpc) is 3.00. The van der Waals surface area contributed by atoms with E-state index in [0.29, 0.717) is 71.9 Å². The number of ether oxygens (including phenoxy) is 3. The highest BCUT2D eigenvalue weighted by Gasteiger charge is 2.31. The summed E-state index contributed by atoms with van der Waals surface area (Å²) >= 11 is 0. The van der Waals surface area contributed by atoms with Gasteiger partial charge in [0.1, 0.15) is 11.4 Å². The summed E-state index contributed by atoms with van der Waals surface area (Å²) < 4.78 is 83.5. The Morgan fingerprint density at radius 2 is 1.68 bits per heavy atom. The third kappa shape index (κ3) is 6.85.